The molecule has 0 aromatic heterocycles. The average Bonchev–Trinajstić information content (AvgIpc) is 2.58. The first-order valence-electron chi connectivity index (χ1n) is 7.41. The monoisotopic (exact) mass is 327 g/mol. The van der Waals surface area contributed by atoms with Crippen LogP contribution in [0.1, 0.15) is 21.5 Å². The van der Waals surface area contributed by atoms with Gasteiger partial charge in [-0.25, -0.2) is 4.39 Å². The maximum atomic E-state index is 12.9. The standard InChI is InChI=1S/C19H18FNO3/c1-12-4-5-14(10-13(12)2)18(22)17(19(23)24-3)11-21-16-8-6-15(20)7-9-16/h4-11,17H,1-3H3. The molecule has 0 spiro atoms. The molecule has 124 valence electrons. The molecule has 0 radical (unpaired) electrons. The Morgan fingerprint density at radius 1 is 1.08 bits per heavy atom. The normalized spacial score (nSPS) is 12.2. The van der Waals surface area contributed by atoms with Crippen molar-refractivity contribution in [3.8, 4) is 0 Å². The van der Waals surface area contributed by atoms with Crippen LogP contribution in [0.3, 0.4) is 0 Å². The summed E-state index contributed by atoms with van der Waals surface area (Å²) in [4.78, 5) is 28.7. The zero-order valence-electron chi connectivity index (χ0n) is 13.7. The summed E-state index contributed by atoms with van der Waals surface area (Å²) in [6, 6.07) is 10.7. The molecular formula is C19H18FNO3. The maximum Gasteiger partial charge on any atom is 0.322 e. The Kier molecular flexibility index (Phi) is 5.58. The summed E-state index contributed by atoms with van der Waals surface area (Å²) in [5.41, 5.74) is 2.87. The fourth-order valence-electron chi connectivity index (χ4n) is 2.12. The number of carbonyl (C=O) groups excluding carboxylic acids is 2. The summed E-state index contributed by atoms with van der Waals surface area (Å²) >= 11 is 0. The highest BCUT2D eigenvalue weighted by molar-refractivity contribution is 6.18. The van der Waals surface area contributed by atoms with E-state index in [0.29, 0.717) is 11.3 Å². The molecule has 0 aliphatic rings. The predicted molar refractivity (Wildman–Crippen MR) is 90.3 cm³/mol. The van der Waals surface area contributed by atoms with E-state index in [4.69, 9.17) is 4.74 Å². The molecule has 4 nitrogen and oxygen atoms in total. The number of ether oxygens (including phenoxy) is 1. The van der Waals surface area contributed by atoms with E-state index in [1.165, 1.54) is 37.6 Å². The second-order valence-electron chi connectivity index (χ2n) is 5.42. The molecule has 0 aliphatic heterocycles. The van der Waals surface area contributed by atoms with Gasteiger partial charge in [0.15, 0.2) is 11.7 Å². The van der Waals surface area contributed by atoms with E-state index in [2.05, 4.69) is 4.99 Å². The van der Waals surface area contributed by atoms with E-state index in [9.17, 15) is 14.0 Å². The Balaban J connectivity index is 2.30. The van der Waals surface area contributed by atoms with Crippen LogP contribution in [0.25, 0.3) is 0 Å². The van der Waals surface area contributed by atoms with Crippen LogP contribution in [0, 0.1) is 25.6 Å². The lowest BCUT2D eigenvalue weighted by atomic mass is 9.96. The first-order chi connectivity index (χ1) is 11.4. The van der Waals surface area contributed by atoms with Crippen molar-refractivity contribution < 1.29 is 18.7 Å². The van der Waals surface area contributed by atoms with Gasteiger partial charge in [0, 0.05) is 11.8 Å². The Hall–Kier alpha value is -2.82. The number of halogens is 1. The van der Waals surface area contributed by atoms with Crippen LogP contribution in [0.5, 0.6) is 0 Å². The lowest BCUT2D eigenvalue weighted by Crippen LogP contribution is -2.27. The summed E-state index contributed by atoms with van der Waals surface area (Å²) < 4.78 is 17.6. The Morgan fingerprint density at radius 3 is 2.33 bits per heavy atom. The van der Waals surface area contributed by atoms with E-state index in [-0.39, 0.29) is 5.82 Å². The number of Topliss-reactive ketones (excluding diaryl/α,β-unsaturated/α-hetero) is 1. The van der Waals surface area contributed by atoms with Crippen LogP contribution >= 0.6 is 0 Å². The summed E-state index contributed by atoms with van der Waals surface area (Å²) in [5, 5.41) is 0. The molecule has 0 aliphatic carbocycles. The van der Waals surface area contributed by atoms with Gasteiger partial charge in [0.2, 0.25) is 0 Å². The van der Waals surface area contributed by atoms with Crippen LogP contribution in [-0.2, 0) is 9.53 Å². The highest BCUT2D eigenvalue weighted by atomic mass is 19.1. The van der Waals surface area contributed by atoms with E-state index in [1.807, 2.05) is 19.9 Å². The first-order valence-corrected chi connectivity index (χ1v) is 7.41. The van der Waals surface area contributed by atoms with Gasteiger partial charge in [-0.05, 0) is 55.3 Å². The number of aliphatic imine (C=N–C) groups is 1. The van der Waals surface area contributed by atoms with E-state index in [1.54, 1.807) is 12.1 Å². The fourth-order valence-corrected chi connectivity index (χ4v) is 2.12. The van der Waals surface area contributed by atoms with Gasteiger partial charge in [-0.1, -0.05) is 12.1 Å². The molecular weight excluding hydrogens is 309 g/mol. The predicted octanol–water partition coefficient (Wildman–Crippen LogP) is 3.82. The summed E-state index contributed by atoms with van der Waals surface area (Å²) in [7, 11) is 1.22. The van der Waals surface area contributed by atoms with Crippen molar-refractivity contribution in [1.29, 1.82) is 0 Å². The molecule has 2 aromatic carbocycles. The van der Waals surface area contributed by atoms with Crippen molar-refractivity contribution in [3.63, 3.8) is 0 Å². The Labute approximate surface area is 140 Å². The van der Waals surface area contributed by atoms with Crippen LogP contribution in [0.2, 0.25) is 0 Å². The van der Waals surface area contributed by atoms with Crippen molar-refractivity contribution >= 4 is 23.7 Å². The number of esters is 1. The van der Waals surface area contributed by atoms with Crippen LogP contribution in [0.4, 0.5) is 10.1 Å². The molecule has 0 heterocycles. The van der Waals surface area contributed by atoms with Crippen molar-refractivity contribution in [2.45, 2.75) is 13.8 Å². The average molecular weight is 327 g/mol. The number of aryl methyl sites for hydroxylation is 2. The lowest BCUT2D eigenvalue weighted by Gasteiger charge is -2.10. The molecule has 1 atom stereocenters. The zero-order valence-corrected chi connectivity index (χ0v) is 13.7. The van der Waals surface area contributed by atoms with E-state index < -0.39 is 17.7 Å². The molecule has 2 aromatic rings. The number of benzene rings is 2. The minimum absolute atomic E-state index is 0.385. The van der Waals surface area contributed by atoms with Crippen molar-refractivity contribution in [3.05, 3.63) is 65.0 Å². The largest absolute Gasteiger partial charge is 0.468 e. The second kappa shape index (κ2) is 7.64. The van der Waals surface area contributed by atoms with Crippen LogP contribution < -0.4 is 0 Å². The summed E-state index contributed by atoms with van der Waals surface area (Å²) in [6.07, 6.45) is 1.23. The molecule has 0 fully saturated rings. The third kappa shape index (κ3) is 4.13. The third-order valence-electron chi connectivity index (χ3n) is 3.73. The van der Waals surface area contributed by atoms with E-state index in [0.717, 1.165) is 11.1 Å². The van der Waals surface area contributed by atoms with Gasteiger partial charge in [0.1, 0.15) is 5.82 Å². The van der Waals surface area contributed by atoms with Gasteiger partial charge in [-0.3, -0.25) is 14.6 Å². The number of rotatable bonds is 5. The molecule has 0 saturated heterocycles. The number of hydrogen-bond acceptors (Lipinski definition) is 4. The Morgan fingerprint density at radius 2 is 1.75 bits per heavy atom. The quantitative estimate of drug-likeness (QED) is 0.363. The van der Waals surface area contributed by atoms with Crippen LogP contribution in [0.15, 0.2) is 47.5 Å². The highest BCUT2D eigenvalue weighted by Crippen LogP contribution is 2.17. The van der Waals surface area contributed by atoms with Crippen molar-refractivity contribution in [1.82, 2.24) is 0 Å². The first kappa shape index (κ1) is 17.5. The molecule has 1 unspecified atom stereocenters. The van der Waals surface area contributed by atoms with Gasteiger partial charge in [-0.2, -0.15) is 0 Å². The number of methoxy groups -OCH3 is 1. The van der Waals surface area contributed by atoms with Gasteiger partial charge >= 0.3 is 5.97 Å². The van der Waals surface area contributed by atoms with Gasteiger partial charge < -0.3 is 4.74 Å². The minimum atomic E-state index is -1.15. The molecule has 0 bridgehead atoms. The fraction of sp³-hybridized carbons (Fsp3) is 0.211. The SMILES string of the molecule is COC(=O)C(C=Nc1ccc(F)cc1)C(=O)c1ccc(C)c(C)c1. The highest BCUT2D eigenvalue weighted by Gasteiger charge is 2.27. The smallest absolute Gasteiger partial charge is 0.322 e. The molecule has 0 saturated carbocycles. The number of nitrogens with zero attached hydrogens (tertiary/aromatic N) is 1. The Bertz CT molecular complexity index is 782. The van der Waals surface area contributed by atoms with Crippen molar-refractivity contribution in [2.75, 3.05) is 7.11 Å². The van der Waals surface area contributed by atoms with Gasteiger partial charge in [0.25, 0.3) is 0 Å². The molecule has 0 amide bonds. The molecule has 24 heavy (non-hydrogen) atoms. The molecule has 0 N–H and O–H groups in total. The number of carbonyl (C=O) groups is 2. The zero-order chi connectivity index (χ0) is 17.7. The van der Waals surface area contributed by atoms with Gasteiger partial charge in [-0.15, -0.1) is 0 Å². The maximum absolute atomic E-state index is 12.9. The van der Waals surface area contributed by atoms with E-state index >= 15 is 0 Å². The number of ketones is 1. The van der Waals surface area contributed by atoms with Crippen molar-refractivity contribution in [2.24, 2.45) is 10.9 Å². The summed E-state index contributed by atoms with van der Waals surface area (Å²) in [6.45, 7) is 3.84. The topological polar surface area (TPSA) is 55.7 Å². The lowest BCUT2D eigenvalue weighted by molar-refractivity contribution is -0.141. The molecule has 5 heteroatoms. The third-order valence-corrected chi connectivity index (χ3v) is 3.73. The van der Waals surface area contributed by atoms with Gasteiger partial charge in [0.05, 0.1) is 12.8 Å². The number of hydrogen-bond donors (Lipinski definition) is 0. The second-order valence-corrected chi connectivity index (χ2v) is 5.42. The molecule has 2 rings (SSSR count). The summed E-state index contributed by atoms with van der Waals surface area (Å²) in [5.74, 6) is -2.62. The van der Waals surface area contributed by atoms with Crippen LogP contribution in [-0.4, -0.2) is 25.1 Å². The minimum Gasteiger partial charge on any atom is -0.468 e.